The average molecular weight is 254 g/mol. The van der Waals surface area contributed by atoms with E-state index < -0.39 is 0 Å². The third kappa shape index (κ3) is 7.00. The van der Waals surface area contributed by atoms with Gasteiger partial charge in [-0.2, -0.15) is 0 Å². The van der Waals surface area contributed by atoms with Crippen LogP contribution in [0.1, 0.15) is 71.1 Å². The third-order valence-electron chi connectivity index (χ3n) is 3.71. The first-order chi connectivity index (χ1) is 8.84. The van der Waals surface area contributed by atoms with Crippen molar-refractivity contribution in [1.29, 1.82) is 0 Å². The van der Waals surface area contributed by atoms with Crippen molar-refractivity contribution in [2.75, 3.05) is 13.1 Å². The van der Waals surface area contributed by atoms with E-state index in [1.165, 1.54) is 44.9 Å². The van der Waals surface area contributed by atoms with Crippen LogP contribution in [-0.4, -0.2) is 25.0 Å². The number of hydrogen-bond acceptors (Lipinski definition) is 2. The molecule has 0 aromatic rings. The van der Waals surface area contributed by atoms with Gasteiger partial charge in [0.25, 0.3) is 0 Å². The summed E-state index contributed by atoms with van der Waals surface area (Å²) in [6.07, 6.45) is 12.7. The minimum Gasteiger partial charge on any atom is -0.355 e. The predicted octanol–water partition coefficient (Wildman–Crippen LogP) is 3.00. The fourth-order valence-electron chi connectivity index (χ4n) is 2.50. The largest absolute Gasteiger partial charge is 0.355 e. The highest BCUT2D eigenvalue weighted by atomic mass is 16.2. The number of hydrogen-bond donors (Lipinski definition) is 2. The summed E-state index contributed by atoms with van der Waals surface area (Å²) >= 11 is 0. The summed E-state index contributed by atoms with van der Waals surface area (Å²) in [7, 11) is 0. The molecule has 0 aromatic carbocycles. The molecule has 18 heavy (non-hydrogen) atoms. The molecule has 2 N–H and O–H groups in total. The summed E-state index contributed by atoms with van der Waals surface area (Å²) in [6.45, 7) is 4.10. The van der Waals surface area contributed by atoms with E-state index in [0.717, 1.165) is 32.4 Å². The quantitative estimate of drug-likeness (QED) is 0.588. The van der Waals surface area contributed by atoms with Gasteiger partial charge >= 0.3 is 0 Å². The molecular weight excluding hydrogens is 224 g/mol. The lowest BCUT2D eigenvalue weighted by molar-refractivity contribution is -0.122. The minimum atomic E-state index is 0.0824. The molecule has 0 spiro atoms. The second-order valence-corrected chi connectivity index (χ2v) is 5.41. The second-order valence-electron chi connectivity index (χ2n) is 5.41. The average Bonchev–Trinajstić information content (AvgIpc) is 2.90. The second kappa shape index (κ2) is 10.4. The lowest BCUT2D eigenvalue weighted by Gasteiger charge is -2.10. The fourth-order valence-corrected chi connectivity index (χ4v) is 2.50. The zero-order valence-electron chi connectivity index (χ0n) is 12.0. The van der Waals surface area contributed by atoms with E-state index in [-0.39, 0.29) is 11.9 Å². The van der Waals surface area contributed by atoms with Gasteiger partial charge in [0.2, 0.25) is 5.91 Å². The molecule has 3 nitrogen and oxygen atoms in total. The van der Waals surface area contributed by atoms with Gasteiger partial charge < -0.3 is 10.6 Å². The molecule has 0 aliphatic carbocycles. The van der Waals surface area contributed by atoms with Crippen molar-refractivity contribution in [2.24, 2.45) is 0 Å². The van der Waals surface area contributed by atoms with Crippen molar-refractivity contribution in [3.05, 3.63) is 0 Å². The van der Waals surface area contributed by atoms with Gasteiger partial charge in [0, 0.05) is 6.54 Å². The van der Waals surface area contributed by atoms with Crippen LogP contribution in [-0.2, 0) is 4.79 Å². The van der Waals surface area contributed by atoms with Crippen LogP contribution in [0.3, 0.4) is 0 Å². The van der Waals surface area contributed by atoms with Gasteiger partial charge in [0.05, 0.1) is 6.04 Å². The molecule has 0 bridgehead atoms. The number of carbonyl (C=O) groups is 1. The summed E-state index contributed by atoms with van der Waals surface area (Å²) in [4.78, 5) is 11.7. The van der Waals surface area contributed by atoms with Crippen molar-refractivity contribution in [3.8, 4) is 0 Å². The molecule has 1 fully saturated rings. The van der Waals surface area contributed by atoms with Crippen molar-refractivity contribution in [2.45, 2.75) is 77.2 Å². The smallest absolute Gasteiger partial charge is 0.237 e. The first kappa shape index (κ1) is 15.5. The molecule has 1 aliphatic heterocycles. The van der Waals surface area contributed by atoms with Gasteiger partial charge in [-0.25, -0.2) is 0 Å². The highest BCUT2D eigenvalue weighted by Crippen LogP contribution is 2.08. The lowest BCUT2D eigenvalue weighted by Crippen LogP contribution is -2.40. The molecule has 106 valence electrons. The van der Waals surface area contributed by atoms with E-state index >= 15 is 0 Å². The van der Waals surface area contributed by atoms with Gasteiger partial charge in [0.15, 0.2) is 0 Å². The molecule has 0 radical (unpaired) electrons. The Hall–Kier alpha value is -0.570. The Morgan fingerprint density at radius 2 is 1.78 bits per heavy atom. The molecule has 1 saturated heterocycles. The van der Waals surface area contributed by atoms with Crippen LogP contribution in [0.25, 0.3) is 0 Å². The van der Waals surface area contributed by atoms with Crippen LogP contribution in [0.15, 0.2) is 0 Å². The van der Waals surface area contributed by atoms with Gasteiger partial charge in [-0.1, -0.05) is 51.9 Å². The third-order valence-corrected chi connectivity index (χ3v) is 3.71. The zero-order valence-corrected chi connectivity index (χ0v) is 12.0. The van der Waals surface area contributed by atoms with E-state index in [9.17, 15) is 4.79 Å². The fraction of sp³-hybridized carbons (Fsp3) is 0.933. The highest BCUT2D eigenvalue weighted by Gasteiger charge is 2.20. The van der Waals surface area contributed by atoms with Crippen LogP contribution in [0.5, 0.6) is 0 Å². The predicted molar refractivity (Wildman–Crippen MR) is 76.6 cm³/mol. The van der Waals surface area contributed by atoms with Crippen molar-refractivity contribution < 1.29 is 4.79 Å². The number of amides is 1. The van der Waals surface area contributed by atoms with Gasteiger partial charge in [-0.3, -0.25) is 4.79 Å². The lowest BCUT2D eigenvalue weighted by atomic mass is 10.1. The zero-order chi connectivity index (χ0) is 13.1. The van der Waals surface area contributed by atoms with Crippen LogP contribution >= 0.6 is 0 Å². The Labute approximate surface area is 112 Å². The molecule has 1 amide bonds. The summed E-state index contributed by atoms with van der Waals surface area (Å²) in [5.41, 5.74) is 0. The SMILES string of the molecule is CCCCCCCCCCNC(=O)[C@H]1CCCN1. The maximum atomic E-state index is 11.7. The first-order valence-corrected chi connectivity index (χ1v) is 7.85. The summed E-state index contributed by atoms with van der Waals surface area (Å²) < 4.78 is 0. The first-order valence-electron chi connectivity index (χ1n) is 7.85. The van der Waals surface area contributed by atoms with Crippen molar-refractivity contribution in [1.82, 2.24) is 10.6 Å². The van der Waals surface area contributed by atoms with E-state index in [0.29, 0.717) is 0 Å². The van der Waals surface area contributed by atoms with Crippen molar-refractivity contribution >= 4 is 5.91 Å². The van der Waals surface area contributed by atoms with E-state index in [2.05, 4.69) is 17.6 Å². The van der Waals surface area contributed by atoms with Crippen molar-refractivity contribution in [3.63, 3.8) is 0 Å². The number of nitrogens with one attached hydrogen (secondary N) is 2. The molecule has 0 saturated carbocycles. The molecular formula is C15H30N2O. The Kier molecular flexibility index (Phi) is 8.92. The highest BCUT2D eigenvalue weighted by molar-refractivity contribution is 5.81. The maximum Gasteiger partial charge on any atom is 0.237 e. The molecule has 0 unspecified atom stereocenters. The number of unbranched alkanes of at least 4 members (excludes halogenated alkanes) is 7. The Balaban J connectivity index is 1.82. The van der Waals surface area contributed by atoms with Crippen LogP contribution in [0.2, 0.25) is 0 Å². The van der Waals surface area contributed by atoms with Gasteiger partial charge in [-0.05, 0) is 25.8 Å². The summed E-state index contributed by atoms with van der Waals surface area (Å²) in [5.74, 6) is 0.204. The normalized spacial score (nSPS) is 19.1. The minimum absolute atomic E-state index is 0.0824. The molecule has 3 heteroatoms. The van der Waals surface area contributed by atoms with E-state index in [1.807, 2.05) is 0 Å². The van der Waals surface area contributed by atoms with Crippen LogP contribution in [0.4, 0.5) is 0 Å². The standard InChI is InChI=1S/C15H30N2O/c1-2-3-4-5-6-7-8-9-12-17-15(18)14-11-10-13-16-14/h14,16H,2-13H2,1H3,(H,17,18)/t14-/m1/s1. The summed E-state index contributed by atoms with van der Waals surface area (Å²) in [5, 5.41) is 6.26. The van der Waals surface area contributed by atoms with Gasteiger partial charge in [0.1, 0.15) is 0 Å². The number of rotatable bonds is 10. The molecule has 1 aliphatic rings. The molecule has 1 rings (SSSR count). The van der Waals surface area contributed by atoms with E-state index in [4.69, 9.17) is 0 Å². The Morgan fingerprint density at radius 3 is 2.39 bits per heavy atom. The summed E-state index contributed by atoms with van der Waals surface area (Å²) in [6, 6.07) is 0.0824. The Morgan fingerprint density at radius 1 is 1.11 bits per heavy atom. The van der Waals surface area contributed by atoms with Gasteiger partial charge in [-0.15, -0.1) is 0 Å². The van der Waals surface area contributed by atoms with Crippen LogP contribution < -0.4 is 10.6 Å². The van der Waals surface area contributed by atoms with E-state index in [1.54, 1.807) is 0 Å². The topological polar surface area (TPSA) is 41.1 Å². The molecule has 0 aromatic heterocycles. The van der Waals surface area contributed by atoms with Crippen LogP contribution in [0, 0.1) is 0 Å². The Bertz CT molecular complexity index is 213. The maximum absolute atomic E-state index is 11.7. The monoisotopic (exact) mass is 254 g/mol. The molecule has 1 heterocycles. The number of carbonyl (C=O) groups excluding carboxylic acids is 1. The molecule has 1 atom stereocenters.